The second-order valence-electron chi connectivity index (χ2n) is 5.73. The van der Waals surface area contributed by atoms with Crippen LogP contribution in [0.4, 0.5) is 18.3 Å². The first kappa shape index (κ1) is 20.0. The third-order valence-electron chi connectivity index (χ3n) is 3.79. The fourth-order valence-electron chi connectivity index (χ4n) is 2.55. The van der Waals surface area contributed by atoms with Crippen molar-refractivity contribution in [3.63, 3.8) is 0 Å². The minimum absolute atomic E-state index is 0.121. The molecule has 1 amide bonds. The van der Waals surface area contributed by atoms with Gasteiger partial charge >= 0.3 is 6.18 Å². The van der Waals surface area contributed by atoms with Gasteiger partial charge in [0.15, 0.2) is 5.65 Å². The molecule has 150 valence electrons. The average Bonchev–Trinajstić information content (AvgIpc) is 3.24. The standard InChI is InChI=1S/C15H9BrF3N7OS2/c1-26-8-3-2-6(16)4-7(8)10-11(26)21-13(24-22-10)28-5-9(27)20-14-25-23-12(29-14)15(17,18)19/h2-4H,5H2,1H3,(H,20,25,27). The molecule has 4 aromatic rings. The summed E-state index contributed by atoms with van der Waals surface area (Å²) in [6, 6.07) is 5.76. The van der Waals surface area contributed by atoms with E-state index in [0.717, 1.165) is 27.1 Å². The molecule has 0 aliphatic rings. The summed E-state index contributed by atoms with van der Waals surface area (Å²) in [6.45, 7) is 0. The fraction of sp³-hybridized carbons (Fsp3) is 0.200. The minimum Gasteiger partial charge on any atom is -0.327 e. The SMILES string of the molecule is Cn1c2ccc(Br)cc2c2nnc(SCC(=O)Nc3nnc(C(F)(F)F)s3)nc21. The van der Waals surface area contributed by atoms with E-state index in [-0.39, 0.29) is 27.4 Å². The van der Waals surface area contributed by atoms with Crippen LogP contribution >= 0.6 is 39.0 Å². The van der Waals surface area contributed by atoms with Crippen LogP contribution in [0, 0.1) is 0 Å². The van der Waals surface area contributed by atoms with Crippen molar-refractivity contribution in [2.24, 2.45) is 7.05 Å². The Labute approximate surface area is 177 Å². The molecular formula is C15H9BrF3N7OS2. The number of halogens is 4. The Morgan fingerprint density at radius 2 is 2.07 bits per heavy atom. The lowest BCUT2D eigenvalue weighted by Crippen LogP contribution is -2.14. The van der Waals surface area contributed by atoms with Crippen LogP contribution < -0.4 is 5.32 Å². The van der Waals surface area contributed by atoms with Gasteiger partial charge in [0.1, 0.15) is 5.52 Å². The van der Waals surface area contributed by atoms with Gasteiger partial charge in [0.2, 0.25) is 21.2 Å². The third kappa shape index (κ3) is 4.04. The number of amides is 1. The van der Waals surface area contributed by atoms with Crippen LogP contribution in [0.25, 0.3) is 22.1 Å². The van der Waals surface area contributed by atoms with E-state index in [2.05, 4.69) is 46.6 Å². The van der Waals surface area contributed by atoms with Gasteiger partial charge in [-0.15, -0.1) is 20.4 Å². The maximum atomic E-state index is 12.5. The molecule has 0 aliphatic carbocycles. The Morgan fingerprint density at radius 1 is 1.28 bits per heavy atom. The van der Waals surface area contributed by atoms with Crippen LogP contribution in [-0.4, -0.2) is 41.6 Å². The van der Waals surface area contributed by atoms with Crippen molar-refractivity contribution < 1.29 is 18.0 Å². The number of alkyl halides is 3. The van der Waals surface area contributed by atoms with E-state index < -0.39 is 17.1 Å². The number of thioether (sulfide) groups is 1. The summed E-state index contributed by atoms with van der Waals surface area (Å²) in [6.07, 6.45) is -4.60. The van der Waals surface area contributed by atoms with Gasteiger partial charge in [0.25, 0.3) is 0 Å². The summed E-state index contributed by atoms with van der Waals surface area (Å²) in [5.41, 5.74) is 2.17. The summed E-state index contributed by atoms with van der Waals surface area (Å²) >= 11 is 4.69. The number of aryl methyl sites for hydroxylation is 1. The quantitative estimate of drug-likeness (QED) is 0.422. The van der Waals surface area contributed by atoms with Gasteiger partial charge in [0.05, 0.1) is 11.3 Å². The maximum absolute atomic E-state index is 12.5. The number of anilines is 1. The molecule has 14 heteroatoms. The number of hydrogen-bond donors (Lipinski definition) is 1. The van der Waals surface area contributed by atoms with Crippen molar-refractivity contribution in [2.45, 2.75) is 11.3 Å². The van der Waals surface area contributed by atoms with Crippen molar-refractivity contribution >= 4 is 72.1 Å². The maximum Gasteiger partial charge on any atom is 0.445 e. The lowest BCUT2D eigenvalue weighted by atomic mass is 10.2. The highest BCUT2D eigenvalue weighted by atomic mass is 79.9. The number of nitrogens with one attached hydrogen (secondary N) is 1. The van der Waals surface area contributed by atoms with Crippen molar-refractivity contribution in [1.82, 2.24) is 29.9 Å². The number of fused-ring (bicyclic) bond motifs is 3. The largest absolute Gasteiger partial charge is 0.445 e. The van der Waals surface area contributed by atoms with E-state index in [9.17, 15) is 18.0 Å². The number of benzene rings is 1. The van der Waals surface area contributed by atoms with E-state index in [1.54, 1.807) is 0 Å². The van der Waals surface area contributed by atoms with E-state index in [0.29, 0.717) is 11.2 Å². The average molecular weight is 504 g/mol. The Morgan fingerprint density at radius 3 is 2.79 bits per heavy atom. The van der Waals surface area contributed by atoms with E-state index in [1.807, 2.05) is 29.8 Å². The summed E-state index contributed by atoms with van der Waals surface area (Å²) < 4.78 is 40.4. The van der Waals surface area contributed by atoms with Crippen molar-refractivity contribution in [1.29, 1.82) is 0 Å². The second kappa shape index (κ2) is 7.50. The van der Waals surface area contributed by atoms with Gasteiger partial charge in [0, 0.05) is 16.9 Å². The topological polar surface area (TPSA) is 98.5 Å². The molecule has 0 aliphatic heterocycles. The van der Waals surface area contributed by atoms with Crippen LogP contribution in [0.1, 0.15) is 5.01 Å². The van der Waals surface area contributed by atoms with Crippen LogP contribution in [0.5, 0.6) is 0 Å². The smallest absolute Gasteiger partial charge is 0.327 e. The molecule has 0 saturated carbocycles. The van der Waals surface area contributed by atoms with Crippen LogP contribution in [-0.2, 0) is 18.0 Å². The molecule has 0 fully saturated rings. The molecule has 4 rings (SSSR count). The van der Waals surface area contributed by atoms with Crippen LogP contribution in [0.2, 0.25) is 0 Å². The Balaban J connectivity index is 1.48. The first-order valence-electron chi connectivity index (χ1n) is 7.84. The van der Waals surface area contributed by atoms with Gasteiger partial charge in [-0.2, -0.15) is 13.2 Å². The molecule has 8 nitrogen and oxygen atoms in total. The number of hydrogen-bond acceptors (Lipinski definition) is 8. The van der Waals surface area contributed by atoms with Crippen LogP contribution in [0.15, 0.2) is 27.8 Å². The highest BCUT2D eigenvalue weighted by molar-refractivity contribution is 9.10. The van der Waals surface area contributed by atoms with Crippen molar-refractivity contribution in [3.05, 3.63) is 27.7 Å². The summed E-state index contributed by atoms with van der Waals surface area (Å²) in [4.78, 5) is 16.4. The van der Waals surface area contributed by atoms with Gasteiger partial charge in [-0.25, -0.2) is 4.98 Å². The molecule has 0 spiro atoms. The first-order chi connectivity index (χ1) is 13.7. The number of rotatable bonds is 4. The Hall–Kier alpha value is -2.32. The van der Waals surface area contributed by atoms with Crippen molar-refractivity contribution in [2.75, 3.05) is 11.1 Å². The number of carbonyl (C=O) groups is 1. The monoisotopic (exact) mass is 503 g/mol. The molecular weight excluding hydrogens is 495 g/mol. The molecule has 3 aromatic heterocycles. The number of nitrogens with zero attached hydrogens (tertiary/aromatic N) is 6. The molecule has 0 radical (unpaired) electrons. The third-order valence-corrected chi connectivity index (χ3v) is 6.00. The summed E-state index contributed by atoms with van der Waals surface area (Å²) in [5, 5.41) is 16.7. The van der Waals surface area contributed by atoms with E-state index in [1.165, 1.54) is 0 Å². The normalized spacial score (nSPS) is 12.0. The van der Waals surface area contributed by atoms with Crippen molar-refractivity contribution in [3.8, 4) is 0 Å². The molecule has 29 heavy (non-hydrogen) atoms. The lowest BCUT2D eigenvalue weighted by Gasteiger charge is -2.01. The van der Waals surface area contributed by atoms with Gasteiger partial charge in [-0.3, -0.25) is 10.1 Å². The van der Waals surface area contributed by atoms with Gasteiger partial charge < -0.3 is 4.57 Å². The predicted octanol–water partition coefficient (Wildman–Crippen LogP) is 3.88. The molecule has 1 N–H and O–H groups in total. The van der Waals surface area contributed by atoms with E-state index in [4.69, 9.17) is 0 Å². The van der Waals surface area contributed by atoms with Gasteiger partial charge in [-0.05, 0) is 18.2 Å². The predicted molar refractivity (Wildman–Crippen MR) is 106 cm³/mol. The van der Waals surface area contributed by atoms with Gasteiger partial charge in [-0.1, -0.05) is 39.0 Å². The zero-order valence-electron chi connectivity index (χ0n) is 14.4. The van der Waals surface area contributed by atoms with Crippen LogP contribution in [0.3, 0.4) is 0 Å². The molecule has 1 aromatic carbocycles. The summed E-state index contributed by atoms with van der Waals surface area (Å²) in [7, 11) is 1.85. The Kier molecular flexibility index (Phi) is 5.16. The Bertz CT molecular complexity index is 1240. The molecule has 0 saturated heterocycles. The highest BCUT2D eigenvalue weighted by Gasteiger charge is 2.35. The number of aromatic nitrogens is 6. The second-order valence-corrected chi connectivity index (χ2v) is 8.57. The first-order valence-corrected chi connectivity index (χ1v) is 10.4. The lowest BCUT2D eigenvalue weighted by molar-refractivity contribution is -0.138. The molecule has 0 bridgehead atoms. The van der Waals surface area contributed by atoms with E-state index >= 15 is 0 Å². The zero-order valence-corrected chi connectivity index (χ0v) is 17.6. The minimum atomic E-state index is -4.60. The molecule has 3 heterocycles. The zero-order chi connectivity index (χ0) is 20.8. The number of carbonyl (C=O) groups excluding carboxylic acids is 1. The fourth-order valence-corrected chi connectivity index (χ4v) is 4.12. The molecule has 0 atom stereocenters. The highest BCUT2D eigenvalue weighted by Crippen LogP contribution is 2.33. The molecule has 0 unspecified atom stereocenters. The summed E-state index contributed by atoms with van der Waals surface area (Å²) in [5.74, 6) is -0.673.